The zero-order valence-corrected chi connectivity index (χ0v) is 13.6. The molecule has 5 nitrogen and oxygen atoms in total. The Labute approximate surface area is 134 Å². The molecule has 0 radical (unpaired) electrons. The average Bonchev–Trinajstić information content (AvgIpc) is 3.15. The Morgan fingerprint density at radius 1 is 1.35 bits per heavy atom. The summed E-state index contributed by atoms with van der Waals surface area (Å²) in [5.74, 6) is 0.323. The molecule has 7 heteroatoms. The molecule has 1 unspecified atom stereocenters. The first-order valence-electron chi connectivity index (χ1n) is 7.63. The highest BCUT2D eigenvalue weighted by molar-refractivity contribution is 7.88. The SMILES string of the molecule is CC(CC1CC1)NS(=O)(=O)Cc1cc(-c2ccc(F)cc2)no1. The van der Waals surface area contributed by atoms with E-state index in [2.05, 4.69) is 9.88 Å². The van der Waals surface area contributed by atoms with Crippen LogP contribution in [0.2, 0.25) is 0 Å². The Morgan fingerprint density at radius 3 is 2.70 bits per heavy atom. The summed E-state index contributed by atoms with van der Waals surface area (Å²) in [5.41, 5.74) is 1.16. The molecule has 0 aliphatic heterocycles. The number of nitrogens with one attached hydrogen (secondary N) is 1. The van der Waals surface area contributed by atoms with Gasteiger partial charge in [-0.25, -0.2) is 17.5 Å². The second kappa shape index (κ2) is 6.41. The summed E-state index contributed by atoms with van der Waals surface area (Å²) >= 11 is 0. The first kappa shape index (κ1) is 16.1. The number of nitrogens with zero attached hydrogens (tertiary/aromatic N) is 1. The van der Waals surface area contributed by atoms with E-state index < -0.39 is 10.0 Å². The van der Waals surface area contributed by atoms with E-state index in [0.29, 0.717) is 17.2 Å². The maximum absolute atomic E-state index is 12.9. The molecular formula is C16H19FN2O3S. The molecule has 124 valence electrons. The van der Waals surface area contributed by atoms with E-state index in [1.807, 2.05) is 6.92 Å². The third-order valence-electron chi connectivity index (χ3n) is 3.80. The molecule has 1 aromatic carbocycles. The minimum absolute atomic E-state index is 0.0769. The van der Waals surface area contributed by atoms with Crippen LogP contribution in [0.4, 0.5) is 4.39 Å². The van der Waals surface area contributed by atoms with Crippen molar-refractivity contribution >= 4 is 10.0 Å². The van der Waals surface area contributed by atoms with Crippen LogP contribution in [0.15, 0.2) is 34.9 Å². The van der Waals surface area contributed by atoms with Gasteiger partial charge in [-0.05, 0) is 43.5 Å². The minimum Gasteiger partial charge on any atom is -0.360 e. The average molecular weight is 338 g/mol. The fourth-order valence-electron chi connectivity index (χ4n) is 2.57. The van der Waals surface area contributed by atoms with Gasteiger partial charge in [-0.2, -0.15) is 0 Å². The Kier molecular flexibility index (Phi) is 4.50. The van der Waals surface area contributed by atoms with Gasteiger partial charge in [0.15, 0.2) is 5.76 Å². The molecule has 23 heavy (non-hydrogen) atoms. The van der Waals surface area contributed by atoms with Crippen LogP contribution in [-0.4, -0.2) is 19.6 Å². The number of benzene rings is 1. The molecule has 1 fully saturated rings. The third-order valence-corrected chi connectivity index (χ3v) is 5.22. The summed E-state index contributed by atoms with van der Waals surface area (Å²) < 4.78 is 45.0. The number of rotatable bonds is 7. The highest BCUT2D eigenvalue weighted by atomic mass is 32.2. The molecular weight excluding hydrogens is 319 g/mol. The smallest absolute Gasteiger partial charge is 0.219 e. The monoisotopic (exact) mass is 338 g/mol. The highest BCUT2D eigenvalue weighted by Gasteiger charge is 2.26. The molecule has 0 amide bonds. The number of hydrogen-bond donors (Lipinski definition) is 1. The number of halogens is 1. The molecule has 1 aromatic heterocycles. The molecule has 2 aromatic rings. The van der Waals surface area contributed by atoms with E-state index in [9.17, 15) is 12.8 Å². The summed E-state index contributed by atoms with van der Waals surface area (Å²) in [6.07, 6.45) is 3.25. The quantitative estimate of drug-likeness (QED) is 0.842. The normalized spacial score (nSPS) is 16.4. The van der Waals surface area contributed by atoms with Gasteiger partial charge in [0.2, 0.25) is 10.0 Å². The predicted molar refractivity (Wildman–Crippen MR) is 84.5 cm³/mol. The topological polar surface area (TPSA) is 72.2 Å². The van der Waals surface area contributed by atoms with Crippen LogP contribution in [0.1, 0.15) is 31.9 Å². The second-order valence-corrected chi connectivity index (χ2v) is 7.90. The van der Waals surface area contributed by atoms with Gasteiger partial charge in [0.05, 0.1) is 0 Å². The van der Waals surface area contributed by atoms with Gasteiger partial charge in [-0.3, -0.25) is 0 Å². The molecule has 0 spiro atoms. The lowest BCUT2D eigenvalue weighted by Crippen LogP contribution is -2.33. The molecule has 1 aliphatic carbocycles. The van der Waals surface area contributed by atoms with Crippen LogP contribution in [0.5, 0.6) is 0 Å². The van der Waals surface area contributed by atoms with Crippen molar-refractivity contribution in [2.45, 2.75) is 38.0 Å². The van der Waals surface area contributed by atoms with Crippen molar-refractivity contribution in [3.05, 3.63) is 41.9 Å². The van der Waals surface area contributed by atoms with E-state index in [1.54, 1.807) is 18.2 Å². The molecule has 0 bridgehead atoms. The zero-order valence-electron chi connectivity index (χ0n) is 12.8. The van der Waals surface area contributed by atoms with Crippen molar-refractivity contribution in [1.82, 2.24) is 9.88 Å². The maximum atomic E-state index is 12.9. The zero-order chi connectivity index (χ0) is 16.4. The maximum Gasteiger partial charge on any atom is 0.219 e. The summed E-state index contributed by atoms with van der Waals surface area (Å²) in [6, 6.07) is 7.27. The first-order valence-corrected chi connectivity index (χ1v) is 9.28. The van der Waals surface area contributed by atoms with Gasteiger partial charge in [-0.15, -0.1) is 0 Å². The number of aromatic nitrogens is 1. The Morgan fingerprint density at radius 2 is 2.04 bits per heavy atom. The molecule has 1 N–H and O–H groups in total. The largest absolute Gasteiger partial charge is 0.360 e. The fourth-order valence-corrected chi connectivity index (χ4v) is 3.88. The third kappa shape index (κ3) is 4.62. The summed E-state index contributed by atoms with van der Waals surface area (Å²) in [5, 5.41) is 3.85. The summed E-state index contributed by atoms with van der Waals surface area (Å²) in [7, 11) is -3.47. The lowest BCUT2D eigenvalue weighted by molar-refractivity contribution is 0.394. The molecule has 1 heterocycles. The highest BCUT2D eigenvalue weighted by Crippen LogP contribution is 2.33. The molecule has 0 saturated heterocycles. The van der Waals surface area contributed by atoms with E-state index in [1.165, 1.54) is 25.0 Å². The van der Waals surface area contributed by atoms with Crippen molar-refractivity contribution in [2.24, 2.45) is 5.92 Å². The Hall–Kier alpha value is -1.73. The molecule has 1 saturated carbocycles. The van der Waals surface area contributed by atoms with Crippen LogP contribution in [-0.2, 0) is 15.8 Å². The van der Waals surface area contributed by atoms with Crippen molar-refractivity contribution in [3.8, 4) is 11.3 Å². The lowest BCUT2D eigenvalue weighted by atomic mass is 10.1. The van der Waals surface area contributed by atoms with Gasteiger partial charge in [0, 0.05) is 17.7 Å². The number of sulfonamides is 1. The standard InChI is InChI=1S/C16H19FN2O3S/c1-11(8-12-2-3-12)19-23(20,21)10-15-9-16(18-22-15)13-4-6-14(17)7-5-13/h4-7,9,11-12,19H,2-3,8,10H2,1H3. The second-order valence-electron chi connectivity index (χ2n) is 6.14. The van der Waals surface area contributed by atoms with Gasteiger partial charge in [0.1, 0.15) is 17.3 Å². The van der Waals surface area contributed by atoms with Gasteiger partial charge < -0.3 is 4.52 Å². The van der Waals surface area contributed by atoms with Crippen molar-refractivity contribution in [2.75, 3.05) is 0 Å². The van der Waals surface area contributed by atoms with Crippen LogP contribution in [0.3, 0.4) is 0 Å². The summed E-state index contributed by atoms with van der Waals surface area (Å²) in [4.78, 5) is 0. The van der Waals surface area contributed by atoms with Crippen molar-refractivity contribution < 1.29 is 17.3 Å². The summed E-state index contributed by atoms with van der Waals surface area (Å²) in [6.45, 7) is 1.88. The first-order chi connectivity index (χ1) is 10.9. The van der Waals surface area contributed by atoms with E-state index in [4.69, 9.17) is 4.52 Å². The Bertz CT molecular complexity index is 767. The van der Waals surface area contributed by atoms with Gasteiger partial charge >= 0.3 is 0 Å². The number of hydrogen-bond acceptors (Lipinski definition) is 4. The van der Waals surface area contributed by atoms with Crippen LogP contribution in [0, 0.1) is 11.7 Å². The fraction of sp³-hybridized carbons (Fsp3) is 0.438. The van der Waals surface area contributed by atoms with Crippen LogP contribution in [0.25, 0.3) is 11.3 Å². The predicted octanol–water partition coefficient (Wildman–Crippen LogP) is 3.09. The minimum atomic E-state index is -3.47. The van der Waals surface area contributed by atoms with Crippen molar-refractivity contribution in [1.29, 1.82) is 0 Å². The van der Waals surface area contributed by atoms with E-state index in [-0.39, 0.29) is 23.4 Å². The van der Waals surface area contributed by atoms with Gasteiger partial charge in [-0.1, -0.05) is 18.0 Å². The van der Waals surface area contributed by atoms with Gasteiger partial charge in [0.25, 0.3) is 0 Å². The Balaban J connectivity index is 1.64. The van der Waals surface area contributed by atoms with E-state index >= 15 is 0 Å². The van der Waals surface area contributed by atoms with Crippen molar-refractivity contribution in [3.63, 3.8) is 0 Å². The van der Waals surface area contributed by atoms with Crippen LogP contribution < -0.4 is 4.72 Å². The molecule has 1 atom stereocenters. The molecule has 3 rings (SSSR count). The molecule has 1 aliphatic rings. The van der Waals surface area contributed by atoms with Crippen LogP contribution >= 0.6 is 0 Å². The lowest BCUT2D eigenvalue weighted by Gasteiger charge is -2.12. The van der Waals surface area contributed by atoms with E-state index in [0.717, 1.165) is 6.42 Å².